The molecule has 0 saturated carbocycles. The van der Waals surface area contributed by atoms with Gasteiger partial charge in [0.1, 0.15) is 5.15 Å². The van der Waals surface area contributed by atoms with Crippen LogP contribution in [0.25, 0.3) is 0 Å². The first-order valence-corrected chi connectivity index (χ1v) is 5.22. The van der Waals surface area contributed by atoms with Gasteiger partial charge in [0.15, 0.2) is 5.82 Å². The molecule has 0 saturated heterocycles. The molecule has 0 spiro atoms. The highest BCUT2D eigenvalue weighted by Gasteiger charge is 2.12. The van der Waals surface area contributed by atoms with Gasteiger partial charge in [0, 0.05) is 6.07 Å². The SMILES string of the molecule is Nc1cnc(Cl)c(C(=O)Nc2ccc(=O)[nH]n2)c1. The topological polar surface area (TPSA) is 114 Å². The molecule has 0 aliphatic carbocycles. The van der Waals surface area contributed by atoms with Gasteiger partial charge in [0.05, 0.1) is 17.4 Å². The summed E-state index contributed by atoms with van der Waals surface area (Å²) in [5, 5.41) is 8.31. The number of aromatic amines is 1. The molecule has 2 heterocycles. The van der Waals surface area contributed by atoms with Crippen LogP contribution < -0.4 is 16.6 Å². The highest BCUT2D eigenvalue weighted by molar-refractivity contribution is 6.33. The van der Waals surface area contributed by atoms with Gasteiger partial charge in [-0.15, -0.1) is 0 Å². The van der Waals surface area contributed by atoms with Crippen LogP contribution in [0.4, 0.5) is 11.5 Å². The number of halogens is 1. The summed E-state index contributed by atoms with van der Waals surface area (Å²) in [6, 6.07) is 4.00. The molecule has 2 aromatic heterocycles. The second-order valence-corrected chi connectivity index (χ2v) is 3.73. The number of carbonyl (C=O) groups excluding carboxylic acids is 1. The number of amides is 1. The molecule has 7 nitrogen and oxygen atoms in total. The summed E-state index contributed by atoms with van der Waals surface area (Å²) in [4.78, 5) is 26.4. The number of hydrogen-bond acceptors (Lipinski definition) is 5. The Labute approximate surface area is 106 Å². The Kier molecular flexibility index (Phi) is 3.24. The van der Waals surface area contributed by atoms with Gasteiger partial charge in [-0.25, -0.2) is 10.1 Å². The van der Waals surface area contributed by atoms with Crippen LogP contribution in [0.2, 0.25) is 5.15 Å². The van der Waals surface area contributed by atoms with Crippen LogP contribution in [0.5, 0.6) is 0 Å². The number of carbonyl (C=O) groups is 1. The summed E-state index contributed by atoms with van der Waals surface area (Å²) in [6.07, 6.45) is 1.34. The van der Waals surface area contributed by atoms with Gasteiger partial charge >= 0.3 is 0 Å². The average Bonchev–Trinajstić information content (AvgIpc) is 2.35. The quantitative estimate of drug-likeness (QED) is 0.690. The molecule has 0 bridgehead atoms. The normalized spacial score (nSPS) is 10.1. The molecule has 0 fully saturated rings. The summed E-state index contributed by atoms with van der Waals surface area (Å²) in [6.45, 7) is 0. The van der Waals surface area contributed by atoms with Crippen molar-refractivity contribution in [2.45, 2.75) is 0 Å². The van der Waals surface area contributed by atoms with Gasteiger partial charge in [0.2, 0.25) is 0 Å². The number of anilines is 2. The van der Waals surface area contributed by atoms with Gasteiger partial charge in [0.25, 0.3) is 11.5 Å². The molecule has 0 aromatic carbocycles. The van der Waals surface area contributed by atoms with Crippen molar-refractivity contribution in [3.05, 3.63) is 45.5 Å². The number of nitrogens with zero attached hydrogens (tertiary/aromatic N) is 2. The first kappa shape index (κ1) is 12.1. The smallest absolute Gasteiger partial charge is 0.264 e. The van der Waals surface area contributed by atoms with E-state index in [9.17, 15) is 9.59 Å². The van der Waals surface area contributed by atoms with E-state index in [-0.39, 0.29) is 22.1 Å². The summed E-state index contributed by atoms with van der Waals surface area (Å²) < 4.78 is 0. The first-order chi connectivity index (χ1) is 8.56. The van der Waals surface area contributed by atoms with E-state index in [0.29, 0.717) is 5.69 Å². The zero-order chi connectivity index (χ0) is 13.1. The molecular formula is C10H8ClN5O2. The molecule has 0 radical (unpaired) electrons. The molecule has 1 amide bonds. The van der Waals surface area contributed by atoms with Crippen molar-refractivity contribution < 1.29 is 4.79 Å². The third kappa shape index (κ3) is 2.64. The Bertz CT molecular complexity index is 634. The van der Waals surface area contributed by atoms with Crippen LogP contribution in [0.3, 0.4) is 0 Å². The molecule has 0 unspecified atom stereocenters. The number of rotatable bonds is 2. The standard InChI is InChI=1S/C10H8ClN5O2/c11-9-6(3-5(12)4-13-9)10(18)14-7-1-2-8(17)16-15-7/h1-4H,12H2,(H,16,17)(H,14,15,18). The minimum Gasteiger partial charge on any atom is -0.397 e. The summed E-state index contributed by atoms with van der Waals surface area (Å²) >= 11 is 5.78. The van der Waals surface area contributed by atoms with Crippen molar-refractivity contribution in [2.75, 3.05) is 11.1 Å². The van der Waals surface area contributed by atoms with Crippen LogP contribution in [-0.4, -0.2) is 21.1 Å². The minimum atomic E-state index is -0.514. The Morgan fingerprint density at radius 1 is 1.44 bits per heavy atom. The zero-order valence-electron chi connectivity index (χ0n) is 8.98. The molecule has 0 atom stereocenters. The molecule has 2 rings (SSSR count). The van der Waals surface area contributed by atoms with Gasteiger partial charge in [-0.2, -0.15) is 5.10 Å². The average molecular weight is 266 g/mol. The molecule has 2 aromatic rings. The lowest BCUT2D eigenvalue weighted by atomic mass is 10.2. The van der Waals surface area contributed by atoms with Crippen molar-refractivity contribution in [3.8, 4) is 0 Å². The van der Waals surface area contributed by atoms with Gasteiger partial charge in [-0.3, -0.25) is 9.59 Å². The van der Waals surface area contributed by atoms with E-state index in [0.717, 1.165) is 0 Å². The predicted octanol–water partition coefficient (Wildman–Crippen LogP) is 0.653. The van der Waals surface area contributed by atoms with E-state index in [1.807, 2.05) is 0 Å². The Morgan fingerprint density at radius 2 is 2.22 bits per heavy atom. The second-order valence-electron chi connectivity index (χ2n) is 3.37. The minimum absolute atomic E-state index is 0.0334. The number of pyridine rings is 1. The third-order valence-corrected chi connectivity index (χ3v) is 2.33. The molecule has 18 heavy (non-hydrogen) atoms. The lowest BCUT2D eigenvalue weighted by Gasteiger charge is -2.05. The number of nitrogens with one attached hydrogen (secondary N) is 2. The maximum atomic E-state index is 11.8. The number of nitrogens with two attached hydrogens (primary N) is 1. The maximum absolute atomic E-state index is 11.8. The molecule has 8 heteroatoms. The van der Waals surface area contributed by atoms with Crippen LogP contribution in [0.1, 0.15) is 10.4 Å². The Hall–Kier alpha value is -2.41. The third-order valence-electron chi connectivity index (χ3n) is 2.03. The van der Waals surface area contributed by atoms with Crippen molar-refractivity contribution in [2.24, 2.45) is 0 Å². The summed E-state index contributed by atoms with van der Waals surface area (Å²) in [7, 11) is 0. The lowest BCUT2D eigenvalue weighted by Crippen LogP contribution is -2.16. The highest BCUT2D eigenvalue weighted by atomic mass is 35.5. The van der Waals surface area contributed by atoms with Crippen molar-refractivity contribution in [3.63, 3.8) is 0 Å². The van der Waals surface area contributed by atoms with E-state index in [2.05, 4.69) is 20.5 Å². The van der Waals surface area contributed by atoms with E-state index in [1.165, 1.54) is 24.4 Å². The number of hydrogen-bond donors (Lipinski definition) is 3. The Balaban J connectivity index is 2.24. The van der Waals surface area contributed by atoms with Crippen molar-refractivity contribution in [1.82, 2.24) is 15.2 Å². The molecular weight excluding hydrogens is 258 g/mol. The predicted molar refractivity (Wildman–Crippen MR) is 66.5 cm³/mol. The lowest BCUT2D eigenvalue weighted by molar-refractivity contribution is 0.102. The number of H-pyrrole nitrogens is 1. The molecule has 92 valence electrons. The van der Waals surface area contributed by atoms with Crippen LogP contribution in [0, 0.1) is 0 Å². The largest absolute Gasteiger partial charge is 0.397 e. The van der Waals surface area contributed by atoms with Gasteiger partial charge in [-0.1, -0.05) is 11.6 Å². The van der Waals surface area contributed by atoms with Crippen molar-refractivity contribution >= 4 is 29.0 Å². The van der Waals surface area contributed by atoms with E-state index < -0.39 is 5.91 Å². The maximum Gasteiger partial charge on any atom is 0.264 e. The molecule has 4 N–H and O–H groups in total. The fraction of sp³-hybridized carbons (Fsp3) is 0. The monoisotopic (exact) mass is 265 g/mol. The van der Waals surface area contributed by atoms with Crippen LogP contribution in [0.15, 0.2) is 29.2 Å². The van der Waals surface area contributed by atoms with Gasteiger partial charge < -0.3 is 11.1 Å². The summed E-state index contributed by atoms with van der Waals surface area (Å²) in [5.41, 5.74) is 5.60. The molecule has 0 aliphatic heterocycles. The Morgan fingerprint density at radius 3 is 2.89 bits per heavy atom. The van der Waals surface area contributed by atoms with Gasteiger partial charge in [-0.05, 0) is 12.1 Å². The summed E-state index contributed by atoms with van der Waals surface area (Å²) in [5.74, 6) is -0.322. The number of nitrogen functional groups attached to an aromatic ring is 1. The van der Waals surface area contributed by atoms with Crippen LogP contribution >= 0.6 is 11.6 Å². The fourth-order valence-electron chi connectivity index (χ4n) is 1.22. The fourth-order valence-corrected chi connectivity index (χ4v) is 1.41. The highest BCUT2D eigenvalue weighted by Crippen LogP contribution is 2.16. The number of aromatic nitrogens is 3. The second kappa shape index (κ2) is 4.84. The molecule has 0 aliphatic rings. The van der Waals surface area contributed by atoms with Crippen molar-refractivity contribution in [1.29, 1.82) is 0 Å². The van der Waals surface area contributed by atoms with E-state index >= 15 is 0 Å². The zero-order valence-corrected chi connectivity index (χ0v) is 9.73. The van der Waals surface area contributed by atoms with E-state index in [1.54, 1.807) is 0 Å². The van der Waals surface area contributed by atoms with E-state index in [4.69, 9.17) is 17.3 Å². The first-order valence-electron chi connectivity index (χ1n) is 4.84. The van der Waals surface area contributed by atoms with Crippen LogP contribution in [-0.2, 0) is 0 Å².